The molecule has 0 saturated carbocycles. The Hall–Kier alpha value is -6.72. The Bertz CT molecular complexity index is 2900. The molecule has 0 unspecified atom stereocenters. The summed E-state index contributed by atoms with van der Waals surface area (Å²) in [4.78, 5) is 20.5. The van der Waals surface area contributed by atoms with Gasteiger partial charge in [-0.05, 0) is 64.4 Å². The third-order valence-electron chi connectivity index (χ3n) is 9.36. The van der Waals surface area contributed by atoms with Crippen molar-refractivity contribution in [3.05, 3.63) is 164 Å². The lowest BCUT2D eigenvalue weighted by atomic mass is 9.98. The Kier molecular flexibility index (Phi) is 6.11. The minimum atomic E-state index is 0.698. The van der Waals surface area contributed by atoms with Gasteiger partial charge in [0.2, 0.25) is 0 Å². The monoisotopic (exact) mass is 625 g/mol. The van der Waals surface area contributed by atoms with E-state index in [-0.39, 0.29) is 0 Å². The van der Waals surface area contributed by atoms with Gasteiger partial charge in [-0.3, -0.25) is 4.40 Å². The first-order valence-electron chi connectivity index (χ1n) is 16.4. The second kappa shape index (κ2) is 10.9. The van der Waals surface area contributed by atoms with Gasteiger partial charge >= 0.3 is 0 Å². The Morgan fingerprint density at radius 2 is 1.04 bits per heavy atom. The van der Waals surface area contributed by atoms with E-state index >= 15 is 0 Å². The summed E-state index contributed by atoms with van der Waals surface area (Å²) in [5, 5.41) is 4.48. The average Bonchev–Trinajstić information content (AvgIpc) is 3.57. The summed E-state index contributed by atoms with van der Waals surface area (Å²) >= 11 is 0. The molecule has 5 nitrogen and oxygen atoms in total. The Morgan fingerprint density at radius 1 is 0.388 bits per heavy atom. The maximum absolute atomic E-state index is 5.20. The van der Waals surface area contributed by atoms with Crippen molar-refractivity contribution in [2.24, 2.45) is 0 Å². The van der Waals surface area contributed by atoms with Gasteiger partial charge in [0.15, 0.2) is 5.82 Å². The van der Waals surface area contributed by atoms with E-state index in [0.717, 1.165) is 77.7 Å². The number of nitrogens with zero attached hydrogens (tertiary/aromatic N) is 5. The normalized spacial score (nSPS) is 11.7. The van der Waals surface area contributed by atoms with Crippen molar-refractivity contribution in [3.8, 4) is 45.0 Å². The minimum Gasteiger partial charge on any atom is -0.298 e. The van der Waals surface area contributed by atoms with Crippen LogP contribution in [-0.2, 0) is 0 Å². The van der Waals surface area contributed by atoms with Crippen LogP contribution in [0.15, 0.2) is 164 Å². The average molecular weight is 626 g/mol. The van der Waals surface area contributed by atoms with E-state index in [4.69, 9.17) is 19.9 Å². The number of benzene rings is 6. The van der Waals surface area contributed by atoms with Gasteiger partial charge in [-0.2, -0.15) is 0 Å². The Balaban J connectivity index is 1.11. The number of aromatic nitrogens is 5. The molecule has 4 heterocycles. The van der Waals surface area contributed by atoms with Crippen LogP contribution in [0.3, 0.4) is 0 Å². The fourth-order valence-corrected chi connectivity index (χ4v) is 7.00. The van der Waals surface area contributed by atoms with Gasteiger partial charge < -0.3 is 0 Å². The van der Waals surface area contributed by atoms with Gasteiger partial charge in [0.1, 0.15) is 11.2 Å². The van der Waals surface area contributed by atoms with Crippen LogP contribution in [0, 0.1) is 0 Å². The van der Waals surface area contributed by atoms with Gasteiger partial charge in [-0.1, -0.05) is 115 Å². The molecule has 0 amide bonds. The SMILES string of the molecule is c1cc(-c2cccc(-c3nc4ccccc4c4nc5ccccn5c34)c2)cc(-c2nc(-c3ccc4ccccc4c3)c3ccccc3n2)c1. The molecule has 0 aliphatic carbocycles. The van der Waals surface area contributed by atoms with Gasteiger partial charge in [0.05, 0.1) is 27.9 Å². The molecule has 0 saturated heterocycles. The molecule has 0 fully saturated rings. The molecule has 228 valence electrons. The van der Waals surface area contributed by atoms with Gasteiger partial charge in [-0.15, -0.1) is 0 Å². The summed E-state index contributed by atoms with van der Waals surface area (Å²) in [5.74, 6) is 0.698. The Morgan fingerprint density at radius 3 is 1.90 bits per heavy atom. The number of imidazole rings is 1. The highest BCUT2D eigenvalue weighted by molar-refractivity contribution is 6.09. The maximum Gasteiger partial charge on any atom is 0.160 e. The predicted molar refractivity (Wildman–Crippen MR) is 200 cm³/mol. The van der Waals surface area contributed by atoms with E-state index in [9.17, 15) is 0 Å². The summed E-state index contributed by atoms with van der Waals surface area (Å²) in [7, 11) is 0. The van der Waals surface area contributed by atoms with Gasteiger partial charge in [-0.25, -0.2) is 19.9 Å². The summed E-state index contributed by atoms with van der Waals surface area (Å²) in [6, 6.07) is 54.7. The van der Waals surface area contributed by atoms with Crippen LogP contribution >= 0.6 is 0 Å². The quantitative estimate of drug-likeness (QED) is 0.195. The van der Waals surface area contributed by atoms with E-state index < -0.39 is 0 Å². The molecule has 0 aliphatic rings. The lowest BCUT2D eigenvalue weighted by molar-refractivity contribution is 1.22. The zero-order valence-electron chi connectivity index (χ0n) is 26.3. The van der Waals surface area contributed by atoms with Crippen LogP contribution in [-0.4, -0.2) is 24.3 Å². The summed E-state index contributed by atoms with van der Waals surface area (Å²) in [6.45, 7) is 0. The van der Waals surface area contributed by atoms with Crippen LogP contribution < -0.4 is 0 Å². The van der Waals surface area contributed by atoms with Crippen molar-refractivity contribution in [3.63, 3.8) is 0 Å². The molecule has 0 atom stereocenters. The molecule has 4 aromatic heterocycles. The van der Waals surface area contributed by atoms with E-state index in [2.05, 4.69) is 132 Å². The lowest BCUT2D eigenvalue weighted by Crippen LogP contribution is -1.95. The summed E-state index contributed by atoms with van der Waals surface area (Å²) < 4.78 is 2.14. The number of pyridine rings is 2. The molecule has 0 bridgehead atoms. The molecule has 49 heavy (non-hydrogen) atoms. The molecule has 6 aromatic carbocycles. The molecule has 10 rings (SSSR count). The smallest absolute Gasteiger partial charge is 0.160 e. The van der Waals surface area contributed by atoms with Gasteiger partial charge in [0, 0.05) is 33.7 Å². The van der Waals surface area contributed by atoms with E-state index in [0.29, 0.717) is 5.82 Å². The van der Waals surface area contributed by atoms with E-state index in [1.807, 2.05) is 36.4 Å². The number of hydrogen-bond donors (Lipinski definition) is 0. The highest BCUT2D eigenvalue weighted by Crippen LogP contribution is 2.36. The molecule has 0 aliphatic heterocycles. The van der Waals surface area contributed by atoms with Crippen LogP contribution in [0.1, 0.15) is 0 Å². The maximum atomic E-state index is 5.20. The van der Waals surface area contributed by atoms with Crippen molar-refractivity contribution < 1.29 is 0 Å². The van der Waals surface area contributed by atoms with Crippen LogP contribution in [0.25, 0.3) is 94.3 Å². The standard InChI is InChI=1S/C44H27N5/c1-2-12-29-25-33(23-22-28(29)11-1)40-35-17-3-6-20-38(35)46-44(48-40)34-16-10-14-31(27-34)30-13-9-15-32(26-30)41-43-42(36-18-4-5-19-37(36)45-41)47-39-21-7-8-24-49(39)43/h1-27H. The third kappa shape index (κ3) is 4.55. The molecule has 0 radical (unpaired) electrons. The van der Waals surface area contributed by atoms with E-state index in [1.165, 1.54) is 10.8 Å². The fourth-order valence-electron chi connectivity index (χ4n) is 7.00. The molecule has 10 aromatic rings. The first-order valence-corrected chi connectivity index (χ1v) is 16.4. The molecular formula is C44H27N5. The first-order chi connectivity index (χ1) is 24.3. The van der Waals surface area contributed by atoms with Crippen LogP contribution in [0.4, 0.5) is 0 Å². The summed E-state index contributed by atoms with van der Waals surface area (Å²) in [5.41, 5.74) is 11.8. The predicted octanol–water partition coefficient (Wildman–Crippen LogP) is 10.8. The van der Waals surface area contributed by atoms with E-state index in [1.54, 1.807) is 0 Å². The van der Waals surface area contributed by atoms with Crippen molar-refractivity contribution in [1.82, 2.24) is 24.3 Å². The fraction of sp³-hybridized carbons (Fsp3) is 0. The zero-order valence-corrected chi connectivity index (χ0v) is 26.3. The summed E-state index contributed by atoms with van der Waals surface area (Å²) in [6.07, 6.45) is 2.06. The highest BCUT2D eigenvalue weighted by Gasteiger charge is 2.17. The van der Waals surface area contributed by atoms with Crippen LogP contribution in [0.2, 0.25) is 0 Å². The van der Waals surface area contributed by atoms with Crippen molar-refractivity contribution >= 4 is 49.3 Å². The van der Waals surface area contributed by atoms with Crippen molar-refractivity contribution in [1.29, 1.82) is 0 Å². The van der Waals surface area contributed by atoms with Crippen molar-refractivity contribution in [2.45, 2.75) is 0 Å². The Labute approximate surface area is 281 Å². The molecule has 0 spiro atoms. The molecule has 0 N–H and O–H groups in total. The third-order valence-corrected chi connectivity index (χ3v) is 9.36. The molecule has 5 heteroatoms. The van der Waals surface area contributed by atoms with Crippen molar-refractivity contribution in [2.75, 3.05) is 0 Å². The zero-order chi connectivity index (χ0) is 32.3. The number of para-hydroxylation sites is 2. The highest BCUT2D eigenvalue weighted by atomic mass is 15.0. The minimum absolute atomic E-state index is 0.698. The number of fused-ring (bicyclic) bond motifs is 7. The second-order valence-corrected chi connectivity index (χ2v) is 12.4. The van der Waals surface area contributed by atoms with Crippen LogP contribution in [0.5, 0.6) is 0 Å². The number of hydrogen-bond acceptors (Lipinski definition) is 4. The molecular weight excluding hydrogens is 599 g/mol. The first kappa shape index (κ1) is 27.4. The second-order valence-electron chi connectivity index (χ2n) is 12.4. The number of rotatable bonds is 4. The van der Waals surface area contributed by atoms with Gasteiger partial charge in [0.25, 0.3) is 0 Å². The largest absolute Gasteiger partial charge is 0.298 e. The lowest BCUT2D eigenvalue weighted by Gasteiger charge is -2.12. The topological polar surface area (TPSA) is 56.0 Å².